The van der Waals surface area contributed by atoms with Gasteiger partial charge in [-0.3, -0.25) is 4.79 Å². The number of rotatable bonds is 4. The summed E-state index contributed by atoms with van der Waals surface area (Å²) in [6.07, 6.45) is -10.6. The second kappa shape index (κ2) is 5.59. The lowest BCUT2D eigenvalue weighted by molar-refractivity contribution is -0.287. The van der Waals surface area contributed by atoms with Crippen LogP contribution in [0, 0.1) is 0 Å². The fourth-order valence-corrected chi connectivity index (χ4v) is 1.36. The number of benzene rings is 1. The van der Waals surface area contributed by atoms with E-state index in [1.54, 1.807) is 0 Å². The molecular weight excluding hydrogens is 294 g/mol. The third kappa shape index (κ3) is 5.81. The first-order valence-electron chi connectivity index (χ1n) is 5.10. The molecule has 20 heavy (non-hydrogen) atoms. The van der Waals surface area contributed by atoms with Crippen molar-refractivity contribution in [3.8, 4) is 11.5 Å². The summed E-state index contributed by atoms with van der Waals surface area (Å²) in [4.78, 5) is 10.8. The molecule has 0 aliphatic carbocycles. The number of halogens is 6. The van der Waals surface area contributed by atoms with Crippen LogP contribution in [0.25, 0.3) is 0 Å². The van der Waals surface area contributed by atoms with Crippen LogP contribution < -0.4 is 9.47 Å². The van der Waals surface area contributed by atoms with E-state index in [-0.39, 0.29) is 17.8 Å². The van der Waals surface area contributed by atoms with Gasteiger partial charge in [0, 0.05) is 6.42 Å². The molecule has 1 rings (SSSR count). The molecule has 0 N–H and O–H groups in total. The molecule has 0 radical (unpaired) electrons. The maximum Gasteiger partial charge on any atom is 0.573 e. The molecule has 0 atom stereocenters. The van der Waals surface area contributed by atoms with Crippen molar-refractivity contribution in [3.63, 3.8) is 0 Å². The van der Waals surface area contributed by atoms with Gasteiger partial charge in [-0.1, -0.05) is 6.07 Å². The van der Waals surface area contributed by atoms with Gasteiger partial charge in [0.15, 0.2) is 11.5 Å². The number of hydrogen-bond acceptors (Lipinski definition) is 3. The highest BCUT2D eigenvalue weighted by atomic mass is 19.4. The zero-order valence-electron chi connectivity index (χ0n) is 9.93. The Morgan fingerprint density at radius 3 is 1.95 bits per heavy atom. The van der Waals surface area contributed by atoms with Crippen molar-refractivity contribution in [3.05, 3.63) is 23.8 Å². The van der Waals surface area contributed by atoms with Gasteiger partial charge in [0.1, 0.15) is 5.78 Å². The summed E-state index contributed by atoms with van der Waals surface area (Å²) in [5.74, 6) is -2.66. The SMILES string of the molecule is CC(=O)Cc1ccc(OC(F)(F)F)c(OC(F)(F)F)c1. The Hall–Kier alpha value is -1.93. The molecule has 0 fully saturated rings. The number of hydrogen-bond donors (Lipinski definition) is 0. The molecule has 0 aromatic heterocycles. The third-order valence-electron chi connectivity index (χ3n) is 1.91. The van der Waals surface area contributed by atoms with Crippen molar-refractivity contribution in [2.24, 2.45) is 0 Å². The Morgan fingerprint density at radius 1 is 1.00 bits per heavy atom. The molecule has 0 saturated carbocycles. The van der Waals surface area contributed by atoms with Gasteiger partial charge in [0.05, 0.1) is 0 Å². The van der Waals surface area contributed by atoms with Crippen LogP contribution in [0.1, 0.15) is 12.5 Å². The summed E-state index contributed by atoms with van der Waals surface area (Å²) >= 11 is 0. The maximum atomic E-state index is 12.1. The molecule has 0 saturated heterocycles. The monoisotopic (exact) mass is 302 g/mol. The van der Waals surface area contributed by atoms with Gasteiger partial charge in [0.2, 0.25) is 0 Å². The highest BCUT2D eigenvalue weighted by Crippen LogP contribution is 2.36. The first-order chi connectivity index (χ1) is 8.96. The second-order valence-electron chi connectivity index (χ2n) is 3.76. The maximum absolute atomic E-state index is 12.1. The van der Waals surface area contributed by atoms with E-state index in [9.17, 15) is 31.1 Å². The Bertz CT molecular complexity index is 492. The number of Topliss-reactive ketones (excluding diaryl/α,β-unsaturated/α-hetero) is 1. The van der Waals surface area contributed by atoms with Crippen molar-refractivity contribution < 1.29 is 40.6 Å². The number of alkyl halides is 6. The lowest BCUT2D eigenvalue weighted by Crippen LogP contribution is -2.21. The topological polar surface area (TPSA) is 35.5 Å². The van der Waals surface area contributed by atoms with E-state index in [4.69, 9.17) is 0 Å². The van der Waals surface area contributed by atoms with Crippen LogP contribution in [0.4, 0.5) is 26.3 Å². The minimum Gasteiger partial charge on any atom is -0.402 e. The van der Waals surface area contributed by atoms with E-state index in [1.165, 1.54) is 6.92 Å². The van der Waals surface area contributed by atoms with E-state index >= 15 is 0 Å². The molecular formula is C11H8F6O3. The van der Waals surface area contributed by atoms with E-state index in [2.05, 4.69) is 9.47 Å². The number of carbonyl (C=O) groups is 1. The molecule has 1 aromatic rings. The Labute approximate surface area is 109 Å². The number of ketones is 1. The molecule has 112 valence electrons. The zero-order chi connectivity index (χ0) is 15.6. The Morgan fingerprint density at radius 2 is 1.50 bits per heavy atom. The predicted molar refractivity (Wildman–Crippen MR) is 54.2 cm³/mol. The highest BCUT2D eigenvalue weighted by molar-refractivity contribution is 5.78. The van der Waals surface area contributed by atoms with Crippen molar-refractivity contribution in [2.75, 3.05) is 0 Å². The Balaban J connectivity index is 3.12. The summed E-state index contributed by atoms with van der Waals surface area (Å²) in [5.41, 5.74) is 0.0753. The van der Waals surface area contributed by atoms with Crippen molar-refractivity contribution >= 4 is 5.78 Å². The molecule has 1 aromatic carbocycles. The molecule has 3 nitrogen and oxygen atoms in total. The highest BCUT2D eigenvalue weighted by Gasteiger charge is 2.36. The van der Waals surface area contributed by atoms with Gasteiger partial charge >= 0.3 is 12.7 Å². The molecule has 0 aliphatic heterocycles. The van der Waals surface area contributed by atoms with Crippen LogP contribution in [0.2, 0.25) is 0 Å². The zero-order valence-corrected chi connectivity index (χ0v) is 9.93. The van der Waals surface area contributed by atoms with Crippen LogP contribution in [0.5, 0.6) is 11.5 Å². The fourth-order valence-electron chi connectivity index (χ4n) is 1.36. The average Bonchev–Trinajstić information content (AvgIpc) is 2.16. The summed E-state index contributed by atoms with van der Waals surface area (Å²) in [6, 6.07) is 2.38. The number of carbonyl (C=O) groups excluding carboxylic acids is 1. The Kier molecular flexibility index (Phi) is 4.51. The van der Waals surface area contributed by atoms with Gasteiger partial charge in [-0.2, -0.15) is 0 Å². The third-order valence-corrected chi connectivity index (χ3v) is 1.91. The van der Waals surface area contributed by atoms with Crippen molar-refractivity contribution in [1.82, 2.24) is 0 Å². The summed E-state index contributed by atoms with van der Waals surface area (Å²) < 4.78 is 79.4. The first kappa shape index (κ1) is 16.1. The molecule has 0 unspecified atom stereocenters. The minimum atomic E-state index is -5.18. The quantitative estimate of drug-likeness (QED) is 0.797. The van der Waals surface area contributed by atoms with E-state index in [0.29, 0.717) is 12.1 Å². The minimum absolute atomic E-state index is 0.0753. The van der Waals surface area contributed by atoms with Crippen LogP contribution in [0.15, 0.2) is 18.2 Å². The van der Waals surface area contributed by atoms with Crippen LogP contribution in [-0.4, -0.2) is 18.5 Å². The van der Waals surface area contributed by atoms with E-state index < -0.39 is 24.2 Å². The van der Waals surface area contributed by atoms with Gasteiger partial charge in [-0.05, 0) is 24.6 Å². The van der Waals surface area contributed by atoms with Crippen LogP contribution in [-0.2, 0) is 11.2 Å². The fraction of sp³-hybridized carbons (Fsp3) is 0.364. The largest absolute Gasteiger partial charge is 0.573 e. The van der Waals surface area contributed by atoms with Gasteiger partial charge in [0.25, 0.3) is 0 Å². The van der Waals surface area contributed by atoms with E-state index in [0.717, 1.165) is 6.07 Å². The van der Waals surface area contributed by atoms with Gasteiger partial charge in [-0.15, -0.1) is 26.3 Å². The second-order valence-corrected chi connectivity index (χ2v) is 3.76. The van der Waals surface area contributed by atoms with Gasteiger partial charge < -0.3 is 9.47 Å². The molecule has 0 bridgehead atoms. The normalized spacial score (nSPS) is 12.2. The molecule has 0 heterocycles. The van der Waals surface area contributed by atoms with Crippen LogP contribution in [0.3, 0.4) is 0 Å². The molecule has 0 spiro atoms. The van der Waals surface area contributed by atoms with E-state index in [1.807, 2.05) is 0 Å². The number of ether oxygens (including phenoxy) is 2. The smallest absolute Gasteiger partial charge is 0.402 e. The lowest BCUT2D eigenvalue weighted by atomic mass is 10.1. The molecule has 9 heteroatoms. The average molecular weight is 302 g/mol. The van der Waals surface area contributed by atoms with Gasteiger partial charge in [-0.25, -0.2) is 0 Å². The van der Waals surface area contributed by atoms with Crippen molar-refractivity contribution in [1.29, 1.82) is 0 Å². The first-order valence-corrected chi connectivity index (χ1v) is 5.10. The molecule has 0 amide bonds. The van der Waals surface area contributed by atoms with Crippen LogP contribution >= 0.6 is 0 Å². The summed E-state index contributed by atoms with van der Waals surface area (Å²) in [5, 5.41) is 0. The summed E-state index contributed by atoms with van der Waals surface area (Å²) in [7, 11) is 0. The summed E-state index contributed by atoms with van der Waals surface area (Å²) in [6.45, 7) is 1.18. The lowest BCUT2D eigenvalue weighted by Gasteiger charge is -2.16. The predicted octanol–water partition coefficient (Wildman–Crippen LogP) is 3.62. The molecule has 0 aliphatic rings. The standard InChI is InChI=1S/C11H8F6O3/c1-6(18)4-7-2-3-8(19-10(12,13)14)9(5-7)20-11(15,16)17/h2-3,5H,4H2,1H3. The van der Waals surface area contributed by atoms with Crippen molar-refractivity contribution in [2.45, 2.75) is 26.1 Å².